The van der Waals surface area contributed by atoms with Crippen LogP contribution in [0.25, 0.3) is 6.08 Å². The topological polar surface area (TPSA) is 0 Å². The Morgan fingerprint density at radius 2 is 1.78 bits per heavy atom. The Hall–Kier alpha value is -0.521. The molecule has 1 rings (SSSR count). The van der Waals surface area contributed by atoms with E-state index in [2.05, 4.69) is 28.1 Å². The van der Waals surface area contributed by atoms with Crippen LogP contribution in [-0.4, -0.2) is 16.0 Å². The molecule has 0 heterocycles. The van der Waals surface area contributed by atoms with Crippen LogP contribution < -0.4 is 0 Å². The van der Waals surface area contributed by atoms with Gasteiger partial charge in [0.25, 0.3) is 0 Å². The normalized spacial score (nSPS) is 10.2. The zero-order valence-corrected chi connectivity index (χ0v) is 6.66. The Balaban J connectivity index is 2.85. The molecule has 0 fully saturated rings. The zero-order chi connectivity index (χ0) is 6.53. The molecule has 0 spiro atoms. The van der Waals surface area contributed by atoms with Crippen LogP contribution in [0.4, 0.5) is 0 Å². The van der Waals surface area contributed by atoms with Crippen molar-refractivity contribution in [1.29, 1.82) is 0 Å². The predicted molar refractivity (Wildman–Crippen MR) is 41.2 cm³/mol. The summed E-state index contributed by atoms with van der Waals surface area (Å²) < 4.78 is 0. The van der Waals surface area contributed by atoms with E-state index in [1.165, 1.54) is 5.56 Å². The quantitative estimate of drug-likeness (QED) is 0.581. The summed E-state index contributed by atoms with van der Waals surface area (Å²) in [4.78, 5) is 1.91. The van der Waals surface area contributed by atoms with E-state index >= 15 is 0 Å². The van der Waals surface area contributed by atoms with E-state index in [1.807, 2.05) is 29.2 Å². The summed E-state index contributed by atoms with van der Waals surface area (Å²) in [5.41, 5.74) is 1.23. The monoisotopic (exact) mass is 183 g/mol. The van der Waals surface area contributed by atoms with E-state index in [0.29, 0.717) is 0 Å². The first-order valence-corrected chi connectivity index (χ1v) is 3.76. The summed E-state index contributed by atoms with van der Waals surface area (Å²) in [5.74, 6) is 0. The molecule has 0 bridgehead atoms. The van der Waals surface area contributed by atoms with Gasteiger partial charge in [0.15, 0.2) is 0 Å². The molecule has 1 radical (unpaired) electrons. The third-order valence-electron chi connectivity index (χ3n) is 1.06. The van der Waals surface area contributed by atoms with E-state index in [0.717, 1.165) is 0 Å². The standard InChI is InChI=1S/C8H7Se/c9-7-6-8-4-2-1-3-5-8/h1-7H/b7-6-. The fourth-order valence-electron chi connectivity index (χ4n) is 0.643. The van der Waals surface area contributed by atoms with E-state index in [9.17, 15) is 0 Å². The summed E-state index contributed by atoms with van der Waals surface area (Å²) in [6, 6.07) is 10.2. The molecule has 0 saturated heterocycles. The van der Waals surface area contributed by atoms with Crippen molar-refractivity contribution in [3.8, 4) is 0 Å². The second-order valence-electron chi connectivity index (χ2n) is 1.71. The van der Waals surface area contributed by atoms with Gasteiger partial charge in [-0.15, -0.1) is 0 Å². The molecule has 0 N–H and O–H groups in total. The Morgan fingerprint density at radius 1 is 1.11 bits per heavy atom. The van der Waals surface area contributed by atoms with Gasteiger partial charge < -0.3 is 0 Å². The maximum atomic E-state index is 2.81. The summed E-state index contributed by atoms with van der Waals surface area (Å²) in [6.45, 7) is 0. The van der Waals surface area contributed by atoms with Gasteiger partial charge in [-0.1, -0.05) is 0 Å². The van der Waals surface area contributed by atoms with E-state index in [-0.39, 0.29) is 0 Å². The summed E-state index contributed by atoms with van der Waals surface area (Å²) in [6.07, 6.45) is 2.03. The van der Waals surface area contributed by atoms with Gasteiger partial charge in [0.1, 0.15) is 0 Å². The van der Waals surface area contributed by atoms with Crippen molar-refractivity contribution in [2.45, 2.75) is 0 Å². The van der Waals surface area contributed by atoms with Crippen LogP contribution >= 0.6 is 0 Å². The molecular weight excluding hydrogens is 175 g/mol. The third-order valence-corrected chi connectivity index (χ3v) is 1.35. The Labute approximate surface area is 63.4 Å². The molecule has 1 aromatic rings. The van der Waals surface area contributed by atoms with Gasteiger partial charge in [0.05, 0.1) is 0 Å². The molecule has 45 valence electrons. The molecule has 0 aliphatic rings. The molecule has 9 heavy (non-hydrogen) atoms. The first-order valence-electron chi connectivity index (χ1n) is 2.77. The molecule has 0 aliphatic heterocycles. The molecule has 0 aromatic heterocycles. The second-order valence-corrected chi connectivity index (χ2v) is 2.28. The predicted octanol–water partition coefficient (Wildman–Crippen LogP) is 1.83. The van der Waals surface area contributed by atoms with Gasteiger partial charge in [-0.05, 0) is 0 Å². The van der Waals surface area contributed by atoms with E-state index in [1.54, 1.807) is 0 Å². The van der Waals surface area contributed by atoms with Crippen LogP contribution in [0.15, 0.2) is 35.3 Å². The summed E-state index contributed by atoms with van der Waals surface area (Å²) in [7, 11) is 0. The molecular formula is C8H7Se. The van der Waals surface area contributed by atoms with Crippen molar-refractivity contribution in [2.24, 2.45) is 0 Å². The average Bonchev–Trinajstić information content (AvgIpc) is 1.91. The van der Waals surface area contributed by atoms with Crippen molar-refractivity contribution >= 4 is 22.1 Å². The van der Waals surface area contributed by atoms with Crippen molar-refractivity contribution in [3.05, 3.63) is 40.9 Å². The number of hydrogen-bond acceptors (Lipinski definition) is 0. The van der Waals surface area contributed by atoms with Crippen molar-refractivity contribution in [2.75, 3.05) is 0 Å². The van der Waals surface area contributed by atoms with E-state index in [4.69, 9.17) is 0 Å². The molecule has 0 aliphatic carbocycles. The molecule has 1 aromatic carbocycles. The Bertz CT molecular complexity index is 189. The molecule has 0 atom stereocenters. The van der Waals surface area contributed by atoms with Gasteiger partial charge in [-0.3, -0.25) is 0 Å². The first kappa shape index (κ1) is 6.60. The van der Waals surface area contributed by atoms with Crippen molar-refractivity contribution in [3.63, 3.8) is 0 Å². The minimum atomic E-state index is 1.23. The number of benzene rings is 1. The molecule has 0 unspecified atom stereocenters. The van der Waals surface area contributed by atoms with Gasteiger partial charge in [-0.2, -0.15) is 0 Å². The number of hydrogen-bond donors (Lipinski definition) is 0. The first-order chi connectivity index (χ1) is 4.43. The fraction of sp³-hybridized carbons (Fsp3) is 0. The van der Waals surface area contributed by atoms with Gasteiger partial charge in [-0.25, -0.2) is 0 Å². The van der Waals surface area contributed by atoms with Crippen LogP contribution in [-0.2, 0) is 0 Å². The Kier molecular flexibility index (Phi) is 2.56. The molecule has 1 heteroatoms. The van der Waals surface area contributed by atoms with Crippen LogP contribution in [0.5, 0.6) is 0 Å². The van der Waals surface area contributed by atoms with E-state index < -0.39 is 0 Å². The Morgan fingerprint density at radius 3 is 2.33 bits per heavy atom. The number of rotatable bonds is 1. The average molecular weight is 182 g/mol. The van der Waals surface area contributed by atoms with Crippen LogP contribution in [0, 0.1) is 0 Å². The molecule has 0 saturated carbocycles. The van der Waals surface area contributed by atoms with Crippen molar-refractivity contribution < 1.29 is 0 Å². The third kappa shape index (κ3) is 2.04. The van der Waals surface area contributed by atoms with Gasteiger partial charge in [0, 0.05) is 0 Å². The maximum absolute atomic E-state index is 2.81. The van der Waals surface area contributed by atoms with Crippen LogP contribution in [0.3, 0.4) is 0 Å². The van der Waals surface area contributed by atoms with Gasteiger partial charge >= 0.3 is 63.0 Å². The zero-order valence-electron chi connectivity index (χ0n) is 4.95. The fourth-order valence-corrected chi connectivity index (χ4v) is 0.972. The van der Waals surface area contributed by atoms with Crippen LogP contribution in [0.2, 0.25) is 0 Å². The second kappa shape index (κ2) is 3.49. The SMILES string of the molecule is [Se]/C=C\c1ccccc1. The van der Waals surface area contributed by atoms with Crippen LogP contribution in [0.1, 0.15) is 5.56 Å². The summed E-state index contributed by atoms with van der Waals surface area (Å²) >= 11 is 2.81. The minimum absolute atomic E-state index is 1.23. The van der Waals surface area contributed by atoms with Crippen molar-refractivity contribution in [1.82, 2.24) is 0 Å². The molecule has 0 nitrogen and oxygen atoms in total. The van der Waals surface area contributed by atoms with Gasteiger partial charge in [0.2, 0.25) is 0 Å². The molecule has 0 amide bonds. The summed E-state index contributed by atoms with van der Waals surface area (Å²) in [5, 5.41) is 0.